The van der Waals surface area contributed by atoms with Crippen LogP contribution < -0.4 is 4.74 Å². The monoisotopic (exact) mass is 461 g/mol. The van der Waals surface area contributed by atoms with Gasteiger partial charge < -0.3 is 4.74 Å². The van der Waals surface area contributed by atoms with Gasteiger partial charge in [0.2, 0.25) is 5.95 Å². The lowest BCUT2D eigenvalue weighted by molar-refractivity contribution is -0.0475. The predicted molar refractivity (Wildman–Crippen MR) is 128 cm³/mol. The van der Waals surface area contributed by atoms with E-state index >= 15 is 8.78 Å². The first-order valence-electron chi connectivity index (χ1n) is 12.7. The summed E-state index contributed by atoms with van der Waals surface area (Å²) in [5.41, 5.74) is 0.999. The summed E-state index contributed by atoms with van der Waals surface area (Å²) in [5, 5.41) is 0. The van der Waals surface area contributed by atoms with Crippen LogP contribution in [0.5, 0.6) is 5.75 Å². The number of aryl methyl sites for hydroxylation is 1. The van der Waals surface area contributed by atoms with E-state index in [4.69, 9.17) is 4.74 Å². The Balaban J connectivity index is 1.70. The number of fused-ring (bicyclic) bond motifs is 1. The molecular formula is C28H38F3NO. The highest BCUT2D eigenvalue weighted by Gasteiger charge is 2.49. The fraction of sp³-hybridized carbons (Fsp3) is 0.607. The van der Waals surface area contributed by atoms with E-state index in [1.54, 1.807) is 30.3 Å². The lowest BCUT2D eigenvalue weighted by Gasteiger charge is -2.34. The number of pyridine rings is 1. The van der Waals surface area contributed by atoms with Crippen molar-refractivity contribution in [2.45, 2.75) is 96.8 Å². The number of unbranched alkanes of at least 4 members (excludes halogenated alkanes) is 4. The average Bonchev–Trinajstić information content (AvgIpc) is 2.77. The van der Waals surface area contributed by atoms with Crippen molar-refractivity contribution in [2.75, 3.05) is 6.61 Å². The van der Waals surface area contributed by atoms with Gasteiger partial charge in [0.05, 0.1) is 18.1 Å². The van der Waals surface area contributed by atoms with Gasteiger partial charge in [-0.25, -0.2) is 13.8 Å². The van der Waals surface area contributed by atoms with Gasteiger partial charge in [-0.15, -0.1) is 0 Å². The Labute approximate surface area is 197 Å². The van der Waals surface area contributed by atoms with E-state index in [0.29, 0.717) is 47.9 Å². The molecule has 0 N–H and O–H groups in total. The maximum atomic E-state index is 15.5. The Kier molecular flexibility index (Phi) is 9.22. The Bertz CT molecular complexity index is 881. The Morgan fingerprint density at radius 1 is 1.06 bits per heavy atom. The lowest BCUT2D eigenvalue weighted by atomic mass is 9.77. The van der Waals surface area contributed by atoms with Crippen LogP contribution in [-0.4, -0.2) is 11.6 Å². The SMILES string of the molecule is CCCCCCOc1ccc(C2CCc3cc(CC(C)CCCC)nc(F)c3C2(F)F)cc1. The van der Waals surface area contributed by atoms with Crippen molar-refractivity contribution in [3.05, 3.63) is 58.7 Å². The van der Waals surface area contributed by atoms with Crippen LogP contribution in [0, 0.1) is 11.9 Å². The number of alkyl halides is 2. The fourth-order valence-electron chi connectivity index (χ4n) is 4.83. The number of hydrogen-bond donors (Lipinski definition) is 0. The molecule has 2 nitrogen and oxygen atoms in total. The summed E-state index contributed by atoms with van der Waals surface area (Å²) >= 11 is 0. The second-order valence-electron chi connectivity index (χ2n) is 9.58. The molecule has 182 valence electrons. The third kappa shape index (κ3) is 6.51. The minimum absolute atomic E-state index is 0.283. The molecule has 1 aromatic carbocycles. The van der Waals surface area contributed by atoms with Crippen LogP contribution in [0.3, 0.4) is 0 Å². The maximum absolute atomic E-state index is 15.5. The molecule has 3 rings (SSSR count). The van der Waals surface area contributed by atoms with Crippen molar-refractivity contribution < 1.29 is 17.9 Å². The highest BCUT2D eigenvalue weighted by molar-refractivity contribution is 5.40. The van der Waals surface area contributed by atoms with E-state index < -0.39 is 23.4 Å². The molecule has 0 bridgehead atoms. The molecule has 0 spiro atoms. The Morgan fingerprint density at radius 3 is 2.48 bits per heavy atom. The highest BCUT2D eigenvalue weighted by atomic mass is 19.3. The molecule has 1 aliphatic rings. The van der Waals surface area contributed by atoms with Crippen LogP contribution in [0.15, 0.2) is 30.3 Å². The molecule has 2 unspecified atom stereocenters. The Morgan fingerprint density at radius 2 is 1.79 bits per heavy atom. The van der Waals surface area contributed by atoms with Gasteiger partial charge in [0.1, 0.15) is 5.75 Å². The number of nitrogens with zero attached hydrogens (tertiary/aromatic N) is 1. The van der Waals surface area contributed by atoms with Crippen molar-refractivity contribution >= 4 is 0 Å². The highest BCUT2D eigenvalue weighted by Crippen LogP contribution is 2.50. The quantitative estimate of drug-likeness (QED) is 0.234. The van der Waals surface area contributed by atoms with Gasteiger partial charge in [-0.3, -0.25) is 0 Å². The van der Waals surface area contributed by atoms with Gasteiger partial charge in [0.15, 0.2) is 0 Å². The smallest absolute Gasteiger partial charge is 0.284 e. The van der Waals surface area contributed by atoms with Gasteiger partial charge in [0, 0.05) is 5.69 Å². The van der Waals surface area contributed by atoms with Crippen LogP contribution in [0.1, 0.15) is 100 Å². The van der Waals surface area contributed by atoms with Crippen molar-refractivity contribution in [3.8, 4) is 5.75 Å². The van der Waals surface area contributed by atoms with E-state index in [9.17, 15) is 4.39 Å². The molecule has 0 radical (unpaired) electrons. The summed E-state index contributed by atoms with van der Waals surface area (Å²) in [6.45, 7) is 7.03. The molecule has 1 aromatic heterocycles. The molecule has 0 aliphatic heterocycles. The van der Waals surface area contributed by atoms with Gasteiger partial charge >= 0.3 is 0 Å². The van der Waals surface area contributed by atoms with Gasteiger partial charge in [0.25, 0.3) is 5.92 Å². The van der Waals surface area contributed by atoms with Crippen molar-refractivity contribution in [2.24, 2.45) is 5.92 Å². The van der Waals surface area contributed by atoms with Crippen LogP contribution in [0.4, 0.5) is 13.2 Å². The molecule has 2 atom stereocenters. The third-order valence-electron chi connectivity index (χ3n) is 6.74. The predicted octanol–water partition coefficient (Wildman–Crippen LogP) is 8.37. The molecule has 33 heavy (non-hydrogen) atoms. The van der Waals surface area contributed by atoms with E-state index in [0.717, 1.165) is 32.1 Å². The van der Waals surface area contributed by atoms with Crippen molar-refractivity contribution in [3.63, 3.8) is 0 Å². The van der Waals surface area contributed by atoms with Crippen LogP contribution in [-0.2, 0) is 18.8 Å². The molecule has 0 amide bonds. The van der Waals surface area contributed by atoms with Crippen molar-refractivity contribution in [1.29, 1.82) is 0 Å². The van der Waals surface area contributed by atoms with Crippen LogP contribution in [0.25, 0.3) is 0 Å². The number of aromatic nitrogens is 1. The molecule has 1 aliphatic carbocycles. The summed E-state index contributed by atoms with van der Waals surface area (Å²) in [4.78, 5) is 3.96. The molecule has 5 heteroatoms. The van der Waals surface area contributed by atoms with E-state index in [2.05, 4.69) is 25.8 Å². The molecule has 0 fully saturated rings. The lowest BCUT2D eigenvalue weighted by Crippen LogP contribution is -2.32. The zero-order valence-corrected chi connectivity index (χ0v) is 20.3. The standard InChI is InChI=1S/C28H38F3NO/c1-4-6-8-9-17-33-24-14-11-21(12-15-24)25-16-13-22-19-23(18-20(3)10-7-5-2)32-27(29)26(22)28(25,30)31/h11-12,14-15,19-20,25H,4-10,13,16-18H2,1-3H3. The van der Waals surface area contributed by atoms with Crippen molar-refractivity contribution in [1.82, 2.24) is 4.98 Å². The minimum Gasteiger partial charge on any atom is -0.494 e. The third-order valence-corrected chi connectivity index (χ3v) is 6.74. The number of halogens is 3. The first kappa shape index (κ1) is 25.6. The second kappa shape index (κ2) is 11.9. The van der Waals surface area contributed by atoms with Crippen LogP contribution >= 0.6 is 0 Å². The molecule has 1 heterocycles. The van der Waals surface area contributed by atoms with Gasteiger partial charge in [-0.1, -0.05) is 71.4 Å². The van der Waals surface area contributed by atoms with Crippen LogP contribution in [0.2, 0.25) is 0 Å². The van der Waals surface area contributed by atoms with E-state index in [1.165, 1.54) is 12.8 Å². The van der Waals surface area contributed by atoms with Gasteiger partial charge in [-0.2, -0.15) is 4.39 Å². The zero-order valence-electron chi connectivity index (χ0n) is 20.3. The summed E-state index contributed by atoms with van der Waals surface area (Å²) in [7, 11) is 0. The molecular weight excluding hydrogens is 423 g/mol. The fourth-order valence-corrected chi connectivity index (χ4v) is 4.83. The van der Waals surface area contributed by atoms with E-state index in [-0.39, 0.29) is 6.42 Å². The first-order chi connectivity index (χ1) is 15.9. The number of benzene rings is 1. The molecule has 2 aromatic rings. The summed E-state index contributed by atoms with van der Waals surface area (Å²) in [5.74, 6) is -4.32. The summed E-state index contributed by atoms with van der Waals surface area (Å²) in [6.07, 6.45) is 9.06. The molecule has 0 saturated heterocycles. The van der Waals surface area contributed by atoms with Gasteiger partial charge in [-0.05, 0) is 60.9 Å². The Hall–Kier alpha value is -2.04. The first-order valence-corrected chi connectivity index (χ1v) is 12.7. The largest absolute Gasteiger partial charge is 0.494 e. The summed E-state index contributed by atoms with van der Waals surface area (Å²) in [6, 6.07) is 8.59. The van der Waals surface area contributed by atoms with E-state index in [1.807, 2.05) is 0 Å². The molecule has 0 saturated carbocycles. The zero-order chi connectivity index (χ0) is 23.8. The normalized spacial score (nSPS) is 18.1. The summed E-state index contributed by atoms with van der Waals surface area (Å²) < 4.78 is 51.6. The minimum atomic E-state index is -3.29. The average molecular weight is 462 g/mol. The topological polar surface area (TPSA) is 22.1 Å². The maximum Gasteiger partial charge on any atom is 0.284 e. The number of hydrogen-bond acceptors (Lipinski definition) is 2. The number of rotatable bonds is 12. The number of ether oxygens (including phenoxy) is 1. The second-order valence-corrected chi connectivity index (χ2v) is 9.58.